The first-order valence-corrected chi connectivity index (χ1v) is 18.5. The summed E-state index contributed by atoms with van der Waals surface area (Å²) in [5, 5.41) is 13.0. The number of carbonyl (C=O) groups excluding carboxylic acids is 1. The Hall–Kier alpha value is -1.92. The van der Waals surface area contributed by atoms with Crippen molar-refractivity contribution in [2.75, 3.05) is 27.2 Å². The zero-order chi connectivity index (χ0) is 32.7. The average molecular weight is 635 g/mol. The van der Waals surface area contributed by atoms with Crippen LogP contribution < -0.4 is 5.32 Å². The molecule has 0 bridgehead atoms. The quantitative estimate of drug-likeness (QED) is 0.294. The third-order valence-corrected chi connectivity index (χ3v) is 16.1. The van der Waals surface area contributed by atoms with Gasteiger partial charge in [0.15, 0.2) is 0 Å². The van der Waals surface area contributed by atoms with Gasteiger partial charge in [0, 0.05) is 18.0 Å². The Kier molecular flexibility index (Phi) is 8.12. The molecule has 0 aromatic carbocycles. The first-order valence-electron chi connectivity index (χ1n) is 17.7. The Morgan fingerprint density at radius 2 is 1.71 bits per heavy atom. The number of thiophene rings is 1. The summed E-state index contributed by atoms with van der Waals surface area (Å²) >= 11 is 1.43. The number of amides is 1. The average Bonchev–Trinajstić information content (AvgIpc) is 3.59. The molecule has 6 rings (SSSR count). The summed E-state index contributed by atoms with van der Waals surface area (Å²) in [5.41, 5.74) is 2.96. The molecule has 9 unspecified atom stereocenters. The summed E-state index contributed by atoms with van der Waals surface area (Å²) in [5.74, 6) is 2.02. The van der Waals surface area contributed by atoms with Crippen molar-refractivity contribution in [2.24, 2.45) is 56.7 Å². The molecule has 4 fully saturated rings. The van der Waals surface area contributed by atoms with Crippen LogP contribution in [0.4, 0.5) is 0 Å². The number of carboxylic acid groups (broad SMARTS) is 1. The fourth-order valence-corrected chi connectivity index (χ4v) is 13.8. The van der Waals surface area contributed by atoms with E-state index in [-0.39, 0.29) is 27.1 Å². The monoisotopic (exact) mass is 634 g/mol. The molecule has 5 nitrogen and oxygen atoms in total. The Morgan fingerprint density at radius 1 is 0.978 bits per heavy atom. The predicted octanol–water partition coefficient (Wildman–Crippen LogP) is 8.78. The fourth-order valence-electron chi connectivity index (χ4n) is 12.7. The largest absolute Gasteiger partial charge is 0.477 e. The lowest BCUT2D eigenvalue weighted by molar-refractivity contribution is -0.225. The number of allylic oxidation sites excluding steroid dienone is 3. The predicted molar refractivity (Wildman–Crippen MR) is 185 cm³/mol. The molecule has 9 atom stereocenters. The molecule has 45 heavy (non-hydrogen) atoms. The first kappa shape index (κ1) is 33.0. The lowest BCUT2D eigenvalue weighted by Crippen LogP contribution is -2.66. The second-order valence-corrected chi connectivity index (χ2v) is 18.5. The molecule has 6 heteroatoms. The van der Waals surface area contributed by atoms with Gasteiger partial charge in [-0.1, -0.05) is 52.8 Å². The van der Waals surface area contributed by atoms with Crippen molar-refractivity contribution >= 4 is 28.8 Å². The number of aromatic carboxylic acids is 1. The van der Waals surface area contributed by atoms with E-state index in [0.717, 1.165) is 43.5 Å². The Labute approximate surface area is 276 Å². The van der Waals surface area contributed by atoms with Gasteiger partial charge >= 0.3 is 5.97 Å². The molecule has 1 aromatic heterocycles. The zero-order valence-corrected chi connectivity index (χ0v) is 30.0. The summed E-state index contributed by atoms with van der Waals surface area (Å²) in [6.45, 7) is 21.1. The number of nitrogens with one attached hydrogen (secondary N) is 1. The number of fused-ring (bicyclic) bond motifs is 7. The van der Waals surface area contributed by atoms with Crippen molar-refractivity contribution in [3.8, 4) is 0 Å². The van der Waals surface area contributed by atoms with Crippen LogP contribution in [-0.2, 0) is 4.79 Å². The van der Waals surface area contributed by atoms with Gasteiger partial charge in [-0.3, -0.25) is 4.79 Å². The zero-order valence-electron chi connectivity index (χ0n) is 29.2. The van der Waals surface area contributed by atoms with Crippen molar-refractivity contribution in [1.29, 1.82) is 0 Å². The van der Waals surface area contributed by atoms with Gasteiger partial charge in [-0.15, -0.1) is 11.3 Å². The van der Waals surface area contributed by atoms with Crippen LogP contribution >= 0.6 is 11.3 Å². The highest BCUT2D eigenvalue weighted by Crippen LogP contribution is 2.77. The van der Waals surface area contributed by atoms with E-state index >= 15 is 0 Å². The third-order valence-electron chi connectivity index (χ3n) is 15.0. The lowest BCUT2D eigenvalue weighted by Gasteiger charge is -2.72. The molecule has 1 aromatic rings. The molecule has 248 valence electrons. The normalized spacial score (nSPS) is 41.7. The summed E-state index contributed by atoms with van der Waals surface area (Å²) in [6, 6.07) is 3.81. The second kappa shape index (κ2) is 11.1. The Morgan fingerprint density at radius 3 is 2.36 bits per heavy atom. The van der Waals surface area contributed by atoms with Gasteiger partial charge < -0.3 is 15.3 Å². The van der Waals surface area contributed by atoms with Gasteiger partial charge in [-0.2, -0.15) is 0 Å². The van der Waals surface area contributed by atoms with E-state index in [4.69, 9.17) is 0 Å². The first-order chi connectivity index (χ1) is 21.0. The molecular weight excluding hydrogens is 577 g/mol. The maximum absolute atomic E-state index is 14.2. The highest BCUT2D eigenvalue weighted by atomic mass is 32.1. The van der Waals surface area contributed by atoms with Crippen molar-refractivity contribution in [2.45, 2.75) is 99.3 Å². The van der Waals surface area contributed by atoms with E-state index in [2.05, 4.69) is 78.5 Å². The van der Waals surface area contributed by atoms with E-state index in [0.29, 0.717) is 46.9 Å². The molecule has 4 saturated carbocycles. The smallest absolute Gasteiger partial charge is 0.345 e. The highest BCUT2D eigenvalue weighted by molar-refractivity contribution is 7.15. The molecular formula is C39H58N2O3S. The molecule has 2 N–H and O–H groups in total. The van der Waals surface area contributed by atoms with Crippen molar-refractivity contribution in [1.82, 2.24) is 10.2 Å². The van der Waals surface area contributed by atoms with Crippen molar-refractivity contribution in [3.63, 3.8) is 0 Å². The topological polar surface area (TPSA) is 69.6 Å². The van der Waals surface area contributed by atoms with Gasteiger partial charge in [0.1, 0.15) is 4.88 Å². The van der Waals surface area contributed by atoms with Crippen molar-refractivity contribution in [3.05, 3.63) is 40.1 Å². The number of hydrogen-bond donors (Lipinski definition) is 2. The minimum Gasteiger partial charge on any atom is -0.477 e. The highest BCUT2D eigenvalue weighted by Gasteiger charge is 2.71. The summed E-state index contributed by atoms with van der Waals surface area (Å²) in [6.07, 6.45) is 12.7. The Balaban J connectivity index is 1.33. The number of carbonyl (C=O) groups is 2. The van der Waals surface area contributed by atoms with Crippen LogP contribution in [0.2, 0.25) is 0 Å². The van der Waals surface area contributed by atoms with Gasteiger partial charge in [-0.05, 0) is 148 Å². The van der Waals surface area contributed by atoms with Crippen LogP contribution in [0.5, 0.6) is 0 Å². The second-order valence-electron chi connectivity index (χ2n) is 17.4. The minimum atomic E-state index is -0.831. The van der Waals surface area contributed by atoms with E-state index < -0.39 is 5.97 Å². The van der Waals surface area contributed by atoms with E-state index in [9.17, 15) is 14.7 Å². The number of nitrogens with zero attached hydrogens (tertiary/aromatic N) is 1. The molecule has 0 saturated heterocycles. The van der Waals surface area contributed by atoms with E-state index in [1.807, 2.05) is 6.07 Å². The molecule has 5 aliphatic rings. The van der Waals surface area contributed by atoms with Gasteiger partial charge in [0.2, 0.25) is 5.91 Å². The SMILES string of the molecule is C=C(C)C1CCC2(C(=O)NCCN(C)C)CCC3(C)C(CCC4C5(C)CC=C(c6ccc(C(=O)O)s6)C(C)(C)C5CCC43C)C12. The molecule has 0 radical (unpaired) electrons. The number of rotatable bonds is 7. The van der Waals surface area contributed by atoms with Crippen LogP contribution in [0, 0.1) is 56.7 Å². The van der Waals surface area contributed by atoms with Crippen molar-refractivity contribution < 1.29 is 14.7 Å². The lowest BCUT2D eigenvalue weighted by atomic mass is 9.32. The fraction of sp³-hybridized carbons (Fsp3) is 0.744. The van der Waals surface area contributed by atoms with Crippen LogP contribution in [0.3, 0.4) is 0 Å². The summed E-state index contributed by atoms with van der Waals surface area (Å²) in [4.78, 5) is 29.6. The maximum atomic E-state index is 14.2. The number of likely N-dealkylation sites (N-methyl/N-ethyl adjacent to an activating group) is 1. The van der Waals surface area contributed by atoms with Gasteiger partial charge in [0.25, 0.3) is 0 Å². The minimum absolute atomic E-state index is 0.0183. The van der Waals surface area contributed by atoms with E-state index in [1.54, 1.807) is 6.07 Å². The Bertz CT molecular complexity index is 1410. The summed E-state index contributed by atoms with van der Waals surface area (Å²) < 4.78 is 0. The van der Waals surface area contributed by atoms with Gasteiger partial charge in [-0.25, -0.2) is 4.79 Å². The molecule has 1 heterocycles. The standard InChI is InChI=1S/C39H58N2O3S/c1-24(2)25-14-19-39(34(44)40-22-23-41(8)9)21-20-37(6)27(32(25)39)10-13-31-36(5)17-15-26(28-11-12-29(45-28)33(42)43)35(3,4)30(36)16-18-38(31,37)7/h11-12,15,25,27,30-32H,1,10,13-14,16-23H2,2-9H3,(H,40,44)(H,42,43). The number of carboxylic acids is 1. The van der Waals surface area contributed by atoms with E-state index in [1.165, 1.54) is 48.2 Å². The number of hydrogen-bond acceptors (Lipinski definition) is 4. The molecule has 5 aliphatic carbocycles. The molecule has 1 amide bonds. The van der Waals surface area contributed by atoms with Crippen LogP contribution in [-0.4, -0.2) is 49.1 Å². The van der Waals surface area contributed by atoms with Crippen LogP contribution in [0.15, 0.2) is 30.4 Å². The third kappa shape index (κ3) is 4.69. The van der Waals surface area contributed by atoms with Crippen LogP contribution in [0.25, 0.3) is 5.57 Å². The summed E-state index contributed by atoms with van der Waals surface area (Å²) in [7, 11) is 4.14. The van der Waals surface area contributed by atoms with Gasteiger partial charge in [0.05, 0.1) is 5.41 Å². The molecule has 0 spiro atoms. The molecule has 0 aliphatic heterocycles. The van der Waals surface area contributed by atoms with Crippen LogP contribution in [0.1, 0.15) is 114 Å². The maximum Gasteiger partial charge on any atom is 0.345 e.